The third kappa shape index (κ3) is 3.86. The number of benzene rings is 1. The molecule has 0 saturated heterocycles. The van der Waals surface area contributed by atoms with Gasteiger partial charge in [0, 0.05) is 28.3 Å². The molecule has 4 heteroatoms. The first kappa shape index (κ1) is 14.1. The Hall–Kier alpha value is -0.270. The summed E-state index contributed by atoms with van der Waals surface area (Å²) < 4.78 is 0. The van der Waals surface area contributed by atoms with Crippen molar-refractivity contribution in [3.63, 3.8) is 0 Å². The molecule has 1 aliphatic rings. The standard InChI is InChI=1S/C14H16ClNS2/c1-2-7-17-9-6-16-13-5-8-18-14-4-3-11(15)10-12(13)14/h1,3-4,10,13,16H,5-9H2. The molecule has 1 aromatic carbocycles. The zero-order valence-corrected chi connectivity index (χ0v) is 12.5. The Labute approximate surface area is 122 Å². The van der Waals surface area contributed by atoms with Gasteiger partial charge in [0.1, 0.15) is 0 Å². The first-order chi connectivity index (χ1) is 8.81. The molecule has 1 heterocycles. The van der Waals surface area contributed by atoms with E-state index in [4.69, 9.17) is 18.0 Å². The Kier molecular flexibility index (Phi) is 5.78. The van der Waals surface area contributed by atoms with Gasteiger partial charge in [0.15, 0.2) is 0 Å². The Bertz CT molecular complexity index is 442. The zero-order valence-electron chi connectivity index (χ0n) is 10.1. The Morgan fingerprint density at radius 2 is 2.44 bits per heavy atom. The maximum atomic E-state index is 6.08. The fraction of sp³-hybridized carbons (Fsp3) is 0.429. The lowest BCUT2D eigenvalue weighted by molar-refractivity contribution is 0.530. The predicted molar refractivity (Wildman–Crippen MR) is 83.7 cm³/mol. The SMILES string of the molecule is C#CCSCCNC1CCSc2ccc(Cl)cc21. The van der Waals surface area contributed by atoms with Gasteiger partial charge in [-0.2, -0.15) is 0 Å². The van der Waals surface area contributed by atoms with E-state index in [1.165, 1.54) is 16.2 Å². The van der Waals surface area contributed by atoms with Gasteiger partial charge < -0.3 is 5.32 Å². The van der Waals surface area contributed by atoms with Crippen LogP contribution in [0.2, 0.25) is 5.02 Å². The van der Waals surface area contributed by atoms with Gasteiger partial charge in [-0.1, -0.05) is 17.5 Å². The third-order valence-electron chi connectivity index (χ3n) is 2.83. The highest BCUT2D eigenvalue weighted by atomic mass is 35.5. The van der Waals surface area contributed by atoms with E-state index in [1.54, 1.807) is 11.8 Å². The monoisotopic (exact) mass is 297 g/mol. The molecule has 96 valence electrons. The van der Waals surface area contributed by atoms with Crippen LogP contribution in [0, 0.1) is 12.3 Å². The fourth-order valence-electron chi connectivity index (χ4n) is 2.01. The summed E-state index contributed by atoms with van der Waals surface area (Å²) in [5.74, 6) is 5.67. The normalized spacial score (nSPS) is 18.1. The summed E-state index contributed by atoms with van der Waals surface area (Å²) in [6, 6.07) is 6.63. The molecule has 0 bridgehead atoms. The van der Waals surface area contributed by atoms with E-state index < -0.39 is 0 Å². The molecular weight excluding hydrogens is 282 g/mol. The van der Waals surface area contributed by atoms with Crippen LogP contribution in [0.25, 0.3) is 0 Å². The molecular formula is C14H16ClNS2. The van der Waals surface area contributed by atoms with E-state index >= 15 is 0 Å². The summed E-state index contributed by atoms with van der Waals surface area (Å²) in [4.78, 5) is 1.36. The van der Waals surface area contributed by atoms with Gasteiger partial charge in [-0.3, -0.25) is 0 Å². The fourth-order valence-corrected chi connectivity index (χ4v) is 3.82. The van der Waals surface area contributed by atoms with Crippen molar-refractivity contribution < 1.29 is 0 Å². The minimum atomic E-state index is 0.436. The molecule has 0 amide bonds. The molecule has 1 N–H and O–H groups in total. The van der Waals surface area contributed by atoms with Crippen molar-refractivity contribution in [1.29, 1.82) is 0 Å². The average molecular weight is 298 g/mol. The molecule has 18 heavy (non-hydrogen) atoms. The van der Waals surface area contributed by atoms with Crippen molar-refractivity contribution in [2.45, 2.75) is 17.4 Å². The molecule has 0 fully saturated rings. The smallest absolute Gasteiger partial charge is 0.0545 e. The van der Waals surface area contributed by atoms with Crippen LogP contribution >= 0.6 is 35.1 Å². The maximum absolute atomic E-state index is 6.08. The molecule has 0 aromatic heterocycles. The first-order valence-corrected chi connectivity index (χ1v) is 8.50. The quantitative estimate of drug-likeness (QED) is 0.655. The van der Waals surface area contributed by atoms with Crippen molar-refractivity contribution in [2.24, 2.45) is 0 Å². The van der Waals surface area contributed by atoms with Gasteiger partial charge in [-0.05, 0) is 35.9 Å². The van der Waals surface area contributed by atoms with Crippen LogP contribution in [-0.4, -0.2) is 23.8 Å². The van der Waals surface area contributed by atoms with Crippen molar-refractivity contribution in [3.05, 3.63) is 28.8 Å². The molecule has 1 atom stereocenters. The summed E-state index contributed by atoms with van der Waals surface area (Å²) in [7, 11) is 0. The highest BCUT2D eigenvalue weighted by molar-refractivity contribution is 7.99. The average Bonchev–Trinajstić information content (AvgIpc) is 2.39. The number of thioether (sulfide) groups is 2. The van der Waals surface area contributed by atoms with Gasteiger partial charge >= 0.3 is 0 Å². The van der Waals surface area contributed by atoms with Gasteiger partial charge in [-0.25, -0.2) is 0 Å². The van der Waals surface area contributed by atoms with Crippen molar-refractivity contribution in [1.82, 2.24) is 5.32 Å². The van der Waals surface area contributed by atoms with Gasteiger partial charge in [0.25, 0.3) is 0 Å². The van der Waals surface area contributed by atoms with Crippen molar-refractivity contribution in [3.8, 4) is 12.3 Å². The number of rotatable bonds is 5. The van der Waals surface area contributed by atoms with Crippen molar-refractivity contribution >= 4 is 35.1 Å². The minimum absolute atomic E-state index is 0.436. The van der Waals surface area contributed by atoms with Gasteiger partial charge in [0.2, 0.25) is 0 Å². The number of terminal acetylenes is 1. The van der Waals surface area contributed by atoms with Crippen LogP contribution in [0.4, 0.5) is 0 Å². The molecule has 0 radical (unpaired) electrons. The third-order valence-corrected chi connectivity index (χ3v) is 5.06. The molecule has 1 unspecified atom stereocenters. The second kappa shape index (κ2) is 7.35. The molecule has 1 aliphatic heterocycles. The van der Waals surface area contributed by atoms with Crippen LogP contribution in [0.1, 0.15) is 18.0 Å². The minimum Gasteiger partial charge on any atom is -0.309 e. The van der Waals surface area contributed by atoms with Gasteiger partial charge in [0.05, 0.1) is 5.75 Å². The van der Waals surface area contributed by atoms with E-state index in [-0.39, 0.29) is 0 Å². The summed E-state index contributed by atoms with van der Waals surface area (Å²) in [5.41, 5.74) is 1.35. The Morgan fingerprint density at radius 3 is 3.28 bits per heavy atom. The summed E-state index contributed by atoms with van der Waals surface area (Å²) in [6.07, 6.45) is 6.39. The van der Waals surface area contributed by atoms with Crippen LogP contribution in [0.5, 0.6) is 0 Å². The zero-order chi connectivity index (χ0) is 12.8. The molecule has 0 saturated carbocycles. The highest BCUT2D eigenvalue weighted by Crippen LogP contribution is 2.37. The molecule has 0 spiro atoms. The Morgan fingerprint density at radius 1 is 1.56 bits per heavy atom. The van der Waals surface area contributed by atoms with Crippen molar-refractivity contribution in [2.75, 3.05) is 23.8 Å². The Balaban J connectivity index is 1.91. The highest BCUT2D eigenvalue weighted by Gasteiger charge is 2.20. The van der Waals surface area contributed by atoms with E-state index in [0.717, 1.165) is 29.5 Å². The van der Waals surface area contributed by atoms with Crippen LogP contribution in [0.15, 0.2) is 23.1 Å². The number of halogens is 1. The first-order valence-electron chi connectivity index (χ1n) is 5.98. The maximum Gasteiger partial charge on any atom is 0.0545 e. The lowest BCUT2D eigenvalue weighted by Crippen LogP contribution is -2.26. The molecule has 2 rings (SSSR count). The van der Waals surface area contributed by atoms with Crippen LogP contribution < -0.4 is 5.32 Å². The van der Waals surface area contributed by atoms with E-state index in [9.17, 15) is 0 Å². The lowest BCUT2D eigenvalue weighted by Gasteiger charge is -2.26. The largest absolute Gasteiger partial charge is 0.309 e. The molecule has 1 nitrogen and oxygen atoms in total. The molecule has 0 aliphatic carbocycles. The van der Waals surface area contributed by atoms with Crippen LogP contribution in [0.3, 0.4) is 0 Å². The number of fused-ring (bicyclic) bond motifs is 1. The second-order valence-corrected chi connectivity index (χ2v) is 6.76. The number of hydrogen-bond acceptors (Lipinski definition) is 3. The van der Waals surface area contributed by atoms with Gasteiger partial charge in [-0.15, -0.1) is 29.9 Å². The van der Waals surface area contributed by atoms with E-state index in [1.807, 2.05) is 17.8 Å². The summed E-state index contributed by atoms with van der Waals surface area (Å²) >= 11 is 9.80. The summed E-state index contributed by atoms with van der Waals surface area (Å²) in [5, 5.41) is 4.43. The van der Waals surface area contributed by atoms with Crippen LogP contribution in [-0.2, 0) is 0 Å². The van der Waals surface area contributed by atoms with E-state index in [0.29, 0.717) is 6.04 Å². The molecule has 1 aromatic rings. The number of hydrogen-bond donors (Lipinski definition) is 1. The topological polar surface area (TPSA) is 12.0 Å². The lowest BCUT2D eigenvalue weighted by atomic mass is 10.0. The van der Waals surface area contributed by atoms with E-state index in [2.05, 4.69) is 23.4 Å². The summed E-state index contributed by atoms with van der Waals surface area (Å²) in [6.45, 7) is 0.994. The number of nitrogens with one attached hydrogen (secondary N) is 1. The predicted octanol–water partition coefficient (Wildman–Crippen LogP) is 3.83. The second-order valence-electron chi connectivity index (χ2n) is 4.08.